The van der Waals surface area contributed by atoms with E-state index in [4.69, 9.17) is 10.5 Å². The lowest BCUT2D eigenvalue weighted by atomic mass is 10.0. The summed E-state index contributed by atoms with van der Waals surface area (Å²) in [7, 11) is 0. The van der Waals surface area contributed by atoms with Gasteiger partial charge in [0.1, 0.15) is 0 Å². The zero-order valence-electron chi connectivity index (χ0n) is 7.63. The van der Waals surface area contributed by atoms with Gasteiger partial charge in [0.15, 0.2) is 0 Å². The van der Waals surface area contributed by atoms with Crippen LogP contribution in [0.2, 0.25) is 0 Å². The lowest BCUT2D eigenvalue weighted by Crippen LogP contribution is -2.17. The van der Waals surface area contributed by atoms with Crippen molar-refractivity contribution in [2.24, 2.45) is 11.7 Å². The molecule has 0 spiro atoms. The van der Waals surface area contributed by atoms with E-state index in [-0.39, 0.29) is 0 Å². The molecular weight excluding hydrogens is 170 g/mol. The van der Waals surface area contributed by atoms with Gasteiger partial charge in [-0.15, -0.1) is 0 Å². The van der Waals surface area contributed by atoms with Gasteiger partial charge in [-0.3, -0.25) is 0 Å². The van der Waals surface area contributed by atoms with Gasteiger partial charge in [-0.05, 0) is 43.2 Å². The molecule has 0 saturated carbocycles. The van der Waals surface area contributed by atoms with Crippen LogP contribution in [-0.2, 0) is 4.74 Å². The quantitative estimate of drug-likeness (QED) is 0.666. The Hall–Kier alpha value is 0.270. The predicted octanol–water partition coefficient (Wildman–Crippen LogP) is 1.49. The smallest absolute Gasteiger partial charge is 0.0468 e. The molecule has 0 radical (unpaired) electrons. The second kappa shape index (κ2) is 6.75. The summed E-state index contributed by atoms with van der Waals surface area (Å²) in [5.41, 5.74) is 5.41. The third kappa shape index (κ3) is 4.33. The minimum absolute atomic E-state index is 0.834. The maximum atomic E-state index is 5.41. The Bertz CT molecular complexity index is 105. The number of ether oxygens (including phenoxy) is 1. The third-order valence-electron chi connectivity index (χ3n) is 2.19. The Morgan fingerprint density at radius 1 is 1.33 bits per heavy atom. The maximum absolute atomic E-state index is 5.41. The molecule has 12 heavy (non-hydrogen) atoms. The van der Waals surface area contributed by atoms with Crippen LogP contribution in [0, 0.1) is 5.92 Å². The molecule has 2 N–H and O–H groups in total. The van der Waals surface area contributed by atoms with Gasteiger partial charge < -0.3 is 10.5 Å². The van der Waals surface area contributed by atoms with Crippen LogP contribution in [0.3, 0.4) is 0 Å². The number of rotatable bonds is 5. The van der Waals surface area contributed by atoms with E-state index >= 15 is 0 Å². The van der Waals surface area contributed by atoms with Crippen molar-refractivity contribution in [3.63, 3.8) is 0 Å². The van der Waals surface area contributed by atoms with Crippen LogP contribution >= 0.6 is 11.8 Å². The average molecular weight is 189 g/mol. The van der Waals surface area contributed by atoms with Crippen LogP contribution in [0.15, 0.2) is 0 Å². The molecule has 0 unspecified atom stereocenters. The van der Waals surface area contributed by atoms with Gasteiger partial charge in [-0.2, -0.15) is 11.8 Å². The second-order valence-corrected chi connectivity index (χ2v) is 4.42. The molecule has 1 saturated heterocycles. The van der Waals surface area contributed by atoms with E-state index in [9.17, 15) is 0 Å². The molecule has 0 aromatic rings. The molecule has 3 heteroatoms. The van der Waals surface area contributed by atoms with Gasteiger partial charge in [-0.25, -0.2) is 0 Å². The highest BCUT2D eigenvalue weighted by Crippen LogP contribution is 2.19. The van der Waals surface area contributed by atoms with Crippen LogP contribution in [0.4, 0.5) is 0 Å². The minimum Gasteiger partial charge on any atom is -0.381 e. The Morgan fingerprint density at radius 2 is 2.08 bits per heavy atom. The maximum Gasteiger partial charge on any atom is 0.0468 e. The van der Waals surface area contributed by atoms with Crippen LogP contribution in [0.25, 0.3) is 0 Å². The first kappa shape index (κ1) is 10.4. The Morgan fingerprint density at radius 3 is 2.75 bits per heavy atom. The van der Waals surface area contributed by atoms with Crippen molar-refractivity contribution in [3.8, 4) is 0 Å². The van der Waals surface area contributed by atoms with Gasteiger partial charge in [0.05, 0.1) is 0 Å². The van der Waals surface area contributed by atoms with E-state index < -0.39 is 0 Å². The van der Waals surface area contributed by atoms with Gasteiger partial charge in [0.2, 0.25) is 0 Å². The molecule has 0 aliphatic carbocycles. The fourth-order valence-electron chi connectivity index (χ4n) is 1.35. The van der Waals surface area contributed by atoms with Crippen molar-refractivity contribution in [3.05, 3.63) is 0 Å². The van der Waals surface area contributed by atoms with E-state index in [1.807, 2.05) is 11.8 Å². The highest BCUT2D eigenvalue weighted by atomic mass is 32.2. The highest BCUT2D eigenvalue weighted by Gasteiger charge is 2.12. The summed E-state index contributed by atoms with van der Waals surface area (Å²) in [5, 5.41) is 0. The van der Waals surface area contributed by atoms with Gasteiger partial charge in [-0.1, -0.05) is 0 Å². The van der Waals surface area contributed by atoms with E-state index in [1.54, 1.807) is 0 Å². The number of hydrogen-bond donors (Lipinski definition) is 1. The summed E-state index contributed by atoms with van der Waals surface area (Å²) < 4.78 is 5.30. The van der Waals surface area contributed by atoms with Crippen LogP contribution < -0.4 is 5.73 Å². The summed E-state index contributed by atoms with van der Waals surface area (Å²) in [6.07, 6.45) is 3.68. The Balaban J connectivity index is 1.91. The molecule has 2 nitrogen and oxygen atoms in total. The van der Waals surface area contributed by atoms with Crippen molar-refractivity contribution in [1.82, 2.24) is 0 Å². The number of hydrogen-bond acceptors (Lipinski definition) is 3. The van der Waals surface area contributed by atoms with E-state index in [0.29, 0.717) is 0 Å². The van der Waals surface area contributed by atoms with Crippen molar-refractivity contribution in [2.45, 2.75) is 19.3 Å². The molecule has 1 aliphatic heterocycles. The monoisotopic (exact) mass is 189 g/mol. The van der Waals surface area contributed by atoms with E-state index in [1.165, 1.54) is 24.3 Å². The van der Waals surface area contributed by atoms with Gasteiger partial charge in [0.25, 0.3) is 0 Å². The largest absolute Gasteiger partial charge is 0.381 e. The van der Waals surface area contributed by atoms with Crippen molar-refractivity contribution < 1.29 is 4.74 Å². The molecule has 1 aliphatic rings. The van der Waals surface area contributed by atoms with Crippen molar-refractivity contribution >= 4 is 11.8 Å². The average Bonchev–Trinajstić information content (AvgIpc) is 2.14. The summed E-state index contributed by atoms with van der Waals surface area (Å²) in [6, 6.07) is 0. The standard InChI is InChI=1S/C9H19NOS/c10-4-1-7-12-8-9-2-5-11-6-3-9/h9H,1-8,10H2. The zero-order chi connectivity index (χ0) is 8.65. The predicted molar refractivity (Wildman–Crippen MR) is 54.5 cm³/mol. The first-order valence-corrected chi connectivity index (χ1v) is 5.94. The highest BCUT2D eigenvalue weighted by molar-refractivity contribution is 7.99. The molecule has 0 amide bonds. The first-order valence-electron chi connectivity index (χ1n) is 4.79. The van der Waals surface area contributed by atoms with Crippen LogP contribution in [-0.4, -0.2) is 31.3 Å². The first-order chi connectivity index (χ1) is 5.93. The molecule has 0 aromatic carbocycles. The molecule has 1 heterocycles. The molecule has 0 aromatic heterocycles. The molecule has 1 rings (SSSR count). The topological polar surface area (TPSA) is 35.2 Å². The molecular formula is C9H19NOS. The van der Waals surface area contributed by atoms with E-state index in [0.717, 1.165) is 32.1 Å². The summed E-state index contributed by atoms with van der Waals surface area (Å²) in [6.45, 7) is 2.78. The zero-order valence-corrected chi connectivity index (χ0v) is 8.44. The summed E-state index contributed by atoms with van der Waals surface area (Å²) in [5.74, 6) is 3.44. The normalized spacial score (nSPS) is 19.8. The lowest BCUT2D eigenvalue weighted by Gasteiger charge is -2.21. The molecule has 72 valence electrons. The van der Waals surface area contributed by atoms with E-state index in [2.05, 4.69) is 0 Å². The summed E-state index contributed by atoms with van der Waals surface area (Å²) in [4.78, 5) is 0. The van der Waals surface area contributed by atoms with Gasteiger partial charge >= 0.3 is 0 Å². The third-order valence-corrected chi connectivity index (χ3v) is 3.47. The van der Waals surface area contributed by atoms with Crippen LogP contribution in [0.5, 0.6) is 0 Å². The lowest BCUT2D eigenvalue weighted by molar-refractivity contribution is 0.0728. The fraction of sp³-hybridized carbons (Fsp3) is 1.00. The van der Waals surface area contributed by atoms with Crippen molar-refractivity contribution in [1.29, 1.82) is 0 Å². The second-order valence-electron chi connectivity index (χ2n) is 3.27. The van der Waals surface area contributed by atoms with Gasteiger partial charge in [0, 0.05) is 13.2 Å². The fourth-order valence-corrected chi connectivity index (χ4v) is 2.55. The molecule has 1 fully saturated rings. The van der Waals surface area contributed by atoms with Crippen molar-refractivity contribution in [2.75, 3.05) is 31.3 Å². The Labute approximate surface area is 79.2 Å². The SMILES string of the molecule is NCCCSCC1CCOCC1. The number of nitrogens with two attached hydrogens (primary N) is 1. The van der Waals surface area contributed by atoms with Crippen LogP contribution in [0.1, 0.15) is 19.3 Å². The molecule has 0 bridgehead atoms. The summed E-state index contributed by atoms with van der Waals surface area (Å²) >= 11 is 2.05. The number of thioether (sulfide) groups is 1. The Kier molecular flexibility index (Phi) is 5.82. The minimum atomic E-state index is 0.834. The molecule has 0 atom stereocenters.